The zero-order chi connectivity index (χ0) is 24.5. The predicted molar refractivity (Wildman–Crippen MR) is 138 cm³/mol. The number of carbonyl (C=O) groups excluding carboxylic acids is 1. The van der Waals surface area contributed by atoms with Crippen LogP contribution in [0.5, 0.6) is 0 Å². The highest BCUT2D eigenvalue weighted by Gasteiger charge is 2.36. The lowest BCUT2D eigenvalue weighted by Gasteiger charge is -2.30. The molecule has 0 radical (unpaired) electrons. The van der Waals surface area contributed by atoms with E-state index in [1.807, 2.05) is 35.2 Å². The summed E-state index contributed by atoms with van der Waals surface area (Å²) >= 11 is 0. The van der Waals surface area contributed by atoms with Crippen molar-refractivity contribution >= 4 is 22.4 Å². The van der Waals surface area contributed by atoms with Gasteiger partial charge in [-0.1, -0.05) is 44.2 Å². The molecule has 3 aromatic rings. The summed E-state index contributed by atoms with van der Waals surface area (Å²) in [5.74, 6) is 0.127. The number of benzene rings is 2. The van der Waals surface area contributed by atoms with Gasteiger partial charge in [0.2, 0.25) is 5.91 Å². The number of anilines is 1. The Morgan fingerprint density at radius 1 is 1.14 bits per heavy atom. The van der Waals surface area contributed by atoms with Crippen molar-refractivity contribution < 1.29 is 13.4 Å². The van der Waals surface area contributed by atoms with Crippen molar-refractivity contribution in [3.05, 3.63) is 94.9 Å². The van der Waals surface area contributed by atoms with E-state index in [1.54, 1.807) is 23.7 Å². The van der Waals surface area contributed by atoms with Gasteiger partial charge in [0.1, 0.15) is 5.82 Å². The van der Waals surface area contributed by atoms with Crippen molar-refractivity contribution in [2.24, 2.45) is 0 Å². The fourth-order valence-corrected chi connectivity index (χ4v) is 5.79. The van der Waals surface area contributed by atoms with Crippen LogP contribution < -0.4 is 5.32 Å². The maximum absolute atomic E-state index is 13.9. The monoisotopic (exact) mass is 489 g/mol. The average molecular weight is 490 g/mol. The largest absolute Gasteiger partial charge is 0.384 e. The summed E-state index contributed by atoms with van der Waals surface area (Å²) in [4.78, 5) is 20.2. The van der Waals surface area contributed by atoms with E-state index >= 15 is 0 Å². The molecule has 7 heteroatoms. The van der Waals surface area contributed by atoms with Crippen LogP contribution in [0.15, 0.2) is 72.3 Å². The molecule has 0 aliphatic carbocycles. The van der Waals surface area contributed by atoms with E-state index in [-0.39, 0.29) is 23.7 Å². The van der Waals surface area contributed by atoms with E-state index in [9.17, 15) is 13.4 Å². The molecule has 1 aromatic heterocycles. The van der Waals surface area contributed by atoms with Crippen molar-refractivity contribution in [2.45, 2.75) is 38.3 Å². The van der Waals surface area contributed by atoms with Crippen LogP contribution in [0.2, 0.25) is 0 Å². The first kappa shape index (κ1) is 23.4. The first-order chi connectivity index (χ1) is 16.9. The molecule has 0 spiro atoms. The number of halogens is 1. The second kappa shape index (κ2) is 9.74. The van der Waals surface area contributed by atoms with Crippen LogP contribution in [0.3, 0.4) is 0 Å². The second-order valence-corrected chi connectivity index (χ2v) is 10.8. The number of hydrogen-bond donors (Lipinski definition) is 1. The molecule has 5 nitrogen and oxygen atoms in total. The van der Waals surface area contributed by atoms with Crippen molar-refractivity contribution in [2.75, 3.05) is 17.6 Å². The van der Waals surface area contributed by atoms with Gasteiger partial charge in [-0.25, -0.2) is 4.39 Å². The average Bonchev–Trinajstić information content (AvgIpc) is 3.48. The third-order valence-electron chi connectivity index (χ3n) is 6.66. The minimum Gasteiger partial charge on any atom is -0.384 e. The van der Waals surface area contributed by atoms with Crippen LogP contribution in [-0.4, -0.2) is 38.3 Å². The summed E-state index contributed by atoms with van der Waals surface area (Å²) < 4.78 is 25.5. The van der Waals surface area contributed by atoms with Crippen LogP contribution in [0, 0.1) is 5.82 Å². The number of nitrogens with one attached hydrogen (secondary N) is 1. The first-order valence-electron chi connectivity index (χ1n) is 11.8. The van der Waals surface area contributed by atoms with Gasteiger partial charge in [0, 0.05) is 46.9 Å². The highest BCUT2D eigenvalue weighted by molar-refractivity contribution is 7.88. The lowest BCUT2D eigenvalue weighted by molar-refractivity contribution is -0.134. The second-order valence-electron chi connectivity index (χ2n) is 9.40. The van der Waals surface area contributed by atoms with Gasteiger partial charge in [-0.2, -0.15) is 0 Å². The molecule has 0 bridgehead atoms. The van der Waals surface area contributed by atoms with Gasteiger partial charge in [0.05, 0.1) is 17.7 Å². The maximum Gasteiger partial charge on any atom is 0.232 e. The molecule has 1 N–H and O–H groups in total. The minimum absolute atomic E-state index is 0.0160. The van der Waals surface area contributed by atoms with Crippen LogP contribution in [-0.2, 0) is 22.1 Å². The standard InChI is InChI=1S/C28H28FN3O2S/c1-18(2)26-13-19(9-11-30-26)16-32(23-10-12-35(34)17-23)28(33)25-15-31-27-14-21(5-8-24(25)27)20-3-6-22(29)7-4-20/h3-14,18,23,25,31H,15-17H2,1-2H3. The Hall–Kier alpha value is -3.32. The van der Waals surface area contributed by atoms with Gasteiger partial charge >= 0.3 is 0 Å². The highest BCUT2D eigenvalue weighted by atomic mass is 32.2. The smallest absolute Gasteiger partial charge is 0.232 e. The third kappa shape index (κ3) is 4.91. The summed E-state index contributed by atoms with van der Waals surface area (Å²) in [7, 11) is -1.06. The van der Waals surface area contributed by atoms with E-state index in [0.717, 1.165) is 33.6 Å². The Bertz CT molecular complexity index is 1310. The molecule has 2 aromatic carbocycles. The quantitative estimate of drug-likeness (QED) is 0.517. The van der Waals surface area contributed by atoms with E-state index in [0.29, 0.717) is 24.8 Å². The van der Waals surface area contributed by atoms with Crippen molar-refractivity contribution in [3.63, 3.8) is 0 Å². The fraction of sp³-hybridized carbons (Fsp3) is 0.286. The normalized spacial score (nSPS) is 20.6. The van der Waals surface area contributed by atoms with E-state index in [4.69, 9.17) is 0 Å². The molecule has 0 saturated heterocycles. The summed E-state index contributed by atoms with van der Waals surface area (Å²) in [5.41, 5.74) is 5.76. The number of rotatable bonds is 6. The maximum atomic E-state index is 13.9. The molecule has 3 heterocycles. The van der Waals surface area contributed by atoms with Crippen molar-refractivity contribution in [1.82, 2.24) is 9.88 Å². The zero-order valence-corrected chi connectivity index (χ0v) is 20.6. The number of carbonyl (C=O) groups is 1. The zero-order valence-electron chi connectivity index (χ0n) is 19.8. The Kier molecular flexibility index (Phi) is 6.52. The molecule has 0 saturated carbocycles. The van der Waals surface area contributed by atoms with Gasteiger partial charge < -0.3 is 10.2 Å². The van der Waals surface area contributed by atoms with Crippen LogP contribution in [0.4, 0.5) is 10.1 Å². The number of hydrogen-bond acceptors (Lipinski definition) is 4. The van der Waals surface area contributed by atoms with Crippen molar-refractivity contribution in [1.29, 1.82) is 0 Å². The van der Waals surface area contributed by atoms with Gasteiger partial charge in [-0.05, 0) is 58.5 Å². The summed E-state index contributed by atoms with van der Waals surface area (Å²) in [5, 5.41) is 5.07. The lowest BCUT2D eigenvalue weighted by Crippen LogP contribution is -2.43. The van der Waals surface area contributed by atoms with Crippen LogP contribution in [0.25, 0.3) is 11.1 Å². The first-order valence-corrected chi connectivity index (χ1v) is 13.2. The van der Waals surface area contributed by atoms with Gasteiger partial charge in [-0.3, -0.25) is 14.0 Å². The number of pyridine rings is 1. The predicted octanol–water partition coefficient (Wildman–Crippen LogP) is 5.19. The highest BCUT2D eigenvalue weighted by Crippen LogP contribution is 2.37. The van der Waals surface area contributed by atoms with E-state index in [1.165, 1.54) is 12.1 Å². The molecular weight excluding hydrogens is 461 g/mol. The third-order valence-corrected chi connectivity index (χ3v) is 7.79. The number of aromatic nitrogens is 1. The molecule has 3 unspecified atom stereocenters. The number of fused-ring (bicyclic) bond motifs is 1. The summed E-state index contributed by atoms with van der Waals surface area (Å²) in [6.07, 6.45) is 3.68. The van der Waals surface area contributed by atoms with Crippen LogP contribution >= 0.6 is 0 Å². The Morgan fingerprint density at radius 2 is 1.91 bits per heavy atom. The Labute approximate surface area is 207 Å². The molecule has 35 heavy (non-hydrogen) atoms. The van der Waals surface area contributed by atoms with Gasteiger partial charge in [-0.15, -0.1) is 0 Å². The number of amides is 1. The molecule has 2 aliphatic heterocycles. The summed E-state index contributed by atoms with van der Waals surface area (Å²) in [6.45, 7) is 5.13. The molecular formula is C28H28FN3O2S. The molecule has 5 rings (SSSR count). The molecule has 0 fully saturated rings. The molecule has 180 valence electrons. The summed E-state index contributed by atoms with van der Waals surface area (Å²) in [6, 6.07) is 16.2. The molecule has 1 amide bonds. The minimum atomic E-state index is -1.06. The Balaban J connectivity index is 1.42. The van der Waals surface area contributed by atoms with Gasteiger partial charge in [0.15, 0.2) is 0 Å². The number of nitrogens with zero attached hydrogens (tertiary/aromatic N) is 2. The van der Waals surface area contributed by atoms with E-state index in [2.05, 4.69) is 30.2 Å². The molecule has 2 aliphatic rings. The van der Waals surface area contributed by atoms with Crippen molar-refractivity contribution in [3.8, 4) is 11.1 Å². The van der Waals surface area contributed by atoms with E-state index < -0.39 is 10.8 Å². The topological polar surface area (TPSA) is 62.3 Å². The molecule has 3 atom stereocenters. The lowest BCUT2D eigenvalue weighted by atomic mass is 9.95. The Morgan fingerprint density at radius 3 is 2.63 bits per heavy atom. The van der Waals surface area contributed by atoms with Gasteiger partial charge in [0.25, 0.3) is 0 Å². The SMILES string of the molecule is CC(C)c1cc(CN(C(=O)C2CNc3cc(-c4ccc(F)cc4)ccc32)C2C=CS(=O)C2)ccn1. The van der Waals surface area contributed by atoms with Crippen LogP contribution in [0.1, 0.15) is 42.5 Å². The fourth-order valence-electron chi connectivity index (χ4n) is 4.69.